The standard InChI is InChI=1S/C8H11NO3/c1-5-3-4-9(2)6(5)7(10)8(11)12/h3-4,7,10H,1-2H3,(H,11,12). The van der Waals surface area contributed by atoms with E-state index < -0.39 is 12.1 Å². The summed E-state index contributed by atoms with van der Waals surface area (Å²) in [6.07, 6.45) is 0.293. The normalized spacial score (nSPS) is 12.9. The molecule has 0 spiro atoms. The lowest BCUT2D eigenvalue weighted by Gasteiger charge is -2.08. The van der Waals surface area contributed by atoms with Crippen LogP contribution in [0.3, 0.4) is 0 Å². The minimum absolute atomic E-state index is 0.433. The van der Waals surface area contributed by atoms with Crippen LogP contribution in [0, 0.1) is 6.92 Å². The number of carbonyl (C=O) groups is 1. The van der Waals surface area contributed by atoms with Gasteiger partial charge >= 0.3 is 5.97 Å². The first-order chi connectivity index (χ1) is 5.54. The van der Waals surface area contributed by atoms with Crippen molar-refractivity contribution in [1.82, 2.24) is 4.57 Å². The van der Waals surface area contributed by atoms with Crippen molar-refractivity contribution in [2.24, 2.45) is 7.05 Å². The van der Waals surface area contributed by atoms with Gasteiger partial charge in [-0.05, 0) is 18.6 Å². The van der Waals surface area contributed by atoms with E-state index in [1.54, 1.807) is 30.8 Å². The fraction of sp³-hybridized carbons (Fsp3) is 0.375. The molecule has 0 radical (unpaired) electrons. The molecule has 0 fully saturated rings. The third-order valence-corrected chi connectivity index (χ3v) is 1.83. The predicted octanol–water partition coefficient (Wildman–Crippen LogP) is 0.452. The van der Waals surface area contributed by atoms with Gasteiger partial charge in [0.25, 0.3) is 0 Å². The Balaban J connectivity index is 3.08. The molecule has 0 aliphatic heterocycles. The topological polar surface area (TPSA) is 62.5 Å². The molecule has 0 saturated carbocycles. The highest BCUT2D eigenvalue weighted by Crippen LogP contribution is 2.17. The van der Waals surface area contributed by atoms with Crippen LogP contribution in [0.2, 0.25) is 0 Å². The van der Waals surface area contributed by atoms with Crippen LogP contribution >= 0.6 is 0 Å². The number of aromatic nitrogens is 1. The van der Waals surface area contributed by atoms with Gasteiger partial charge in [-0.2, -0.15) is 0 Å². The number of carboxylic acid groups (broad SMARTS) is 1. The molecule has 1 aromatic heterocycles. The zero-order valence-electron chi connectivity index (χ0n) is 6.98. The van der Waals surface area contributed by atoms with Crippen molar-refractivity contribution in [3.63, 3.8) is 0 Å². The zero-order chi connectivity index (χ0) is 9.30. The maximum atomic E-state index is 10.4. The molecule has 4 heteroatoms. The van der Waals surface area contributed by atoms with E-state index in [1.165, 1.54) is 0 Å². The van der Waals surface area contributed by atoms with Gasteiger partial charge in [0, 0.05) is 13.2 Å². The summed E-state index contributed by atoms with van der Waals surface area (Å²) in [6, 6.07) is 1.77. The molecule has 0 bridgehead atoms. The van der Waals surface area contributed by atoms with Crippen LogP contribution < -0.4 is 0 Å². The maximum absolute atomic E-state index is 10.4. The van der Waals surface area contributed by atoms with Crippen molar-refractivity contribution in [3.8, 4) is 0 Å². The Bertz CT molecular complexity index is 284. The molecule has 4 nitrogen and oxygen atoms in total. The highest BCUT2D eigenvalue weighted by Gasteiger charge is 2.20. The average Bonchev–Trinajstić information content (AvgIpc) is 2.30. The number of hydrogen-bond donors (Lipinski definition) is 2. The van der Waals surface area contributed by atoms with E-state index >= 15 is 0 Å². The number of nitrogens with zero attached hydrogens (tertiary/aromatic N) is 1. The summed E-state index contributed by atoms with van der Waals surface area (Å²) >= 11 is 0. The Hall–Kier alpha value is -1.29. The third kappa shape index (κ3) is 1.33. The number of hydrogen-bond acceptors (Lipinski definition) is 2. The van der Waals surface area contributed by atoms with Crippen molar-refractivity contribution in [3.05, 3.63) is 23.5 Å². The Morgan fingerprint density at radius 1 is 1.67 bits per heavy atom. The Morgan fingerprint density at radius 2 is 2.25 bits per heavy atom. The van der Waals surface area contributed by atoms with E-state index in [0.29, 0.717) is 5.69 Å². The second-order valence-electron chi connectivity index (χ2n) is 2.74. The molecule has 0 aliphatic carbocycles. The smallest absolute Gasteiger partial charge is 0.338 e. The summed E-state index contributed by atoms with van der Waals surface area (Å²) in [7, 11) is 1.70. The molecule has 2 N–H and O–H groups in total. The molecule has 0 aliphatic rings. The van der Waals surface area contributed by atoms with Crippen LogP contribution in [-0.4, -0.2) is 20.7 Å². The minimum Gasteiger partial charge on any atom is -0.479 e. The summed E-state index contributed by atoms with van der Waals surface area (Å²) in [4.78, 5) is 10.4. The van der Waals surface area contributed by atoms with E-state index in [4.69, 9.17) is 5.11 Å². The van der Waals surface area contributed by atoms with Crippen LogP contribution in [0.1, 0.15) is 17.4 Å². The zero-order valence-corrected chi connectivity index (χ0v) is 6.98. The lowest BCUT2D eigenvalue weighted by Crippen LogP contribution is -2.14. The van der Waals surface area contributed by atoms with E-state index in [1.807, 2.05) is 0 Å². The fourth-order valence-corrected chi connectivity index (χ4v) is 1.19. The van der Waals surface area contributed by atoms with Gasteiger partial charge in [0.1, 0.15) is 0 Å². The van der Waals surface area contributed by atoms with Gasteiger partial charge in [-0.1, -0.05) is 0 Å². The quantitative estimate of drug-likeness (QED) is 0.675. The van der Waals surface area contributed by atoms with E-state index in [-0.39, 0.29) is 0 Å². The van der Waals surface area contributed by atoms with Crippen molar-refractivity contribution in [2.75, 3.05) is 0 Å². The molecule has 1 heterocycles. The summed E-state index contributed by atoms with van der Waals surface area (Å²) < 4.78 is 1.61. The molecule has 0 saturated heterocycles. The van der Waals surface area contributed by atoms with E-state index in [9.17, 15) is 9.90 Å². The molecule has 1 aromatic rings. The summed E-state index contributed by atoms with van der Waals surface area (Å²) in [5.41, 5.74) is 1.22. The summed E-state index contributed by atoms with van der Waals surface area (Å²) in [6.45, 7) is 1.77. The molecule has 12 heavy (non-hydrogen) atoms. The second-order valence-corrected chi connectivity index (χ2v) is 2.74. The molecule has 1 atom stereocenters. The monoisotopic (exact) mass is 169 g/mol. The number of aryl methyl sites for hydroxylation is 2. The van der Waals surface area contributed by atoms with Crippen molar-refractivity contribution in [1.29, 1.82) is 0 Å². The summed E-state index contributed by atoms with van der Waals surface area (Å²) in [5, 5.41) is 17.8. The maximum Gasteiger partial charge on any atom is 0.338 e. The van der Waals surface area contributed by atoms with Crippen LogP contribution in [0.5, 0.6) is 0 Å². The number of aliphatic hydroxyl groups excluding tert-OH is 1. The molecule has 1 rings (SSSR count). The van der Waals surface area contributed by atoms with Crippen LogP contribution in [0.4, 0.5) is 0 Å². The number of aliphatic hydroxyl groups is 1. The highest BCUT2D eigenvalue weighted by molar-refractivity contribution is 5.74. The van der Waals surface area contributed by atoms with Gasteiger partial charge < -0.3 is 14.8 Å². The van der Waals surface area contributed by atoms with E-state index in [2.05, 4.69) is 0 Å². The SMILES string of the molecule is Cc1ccn(C)c1C(O)C(=O)O. The Kier molecular flexibility index (Phi) is 2.19. The van der Waals surface area contributed by atoms with Crippen LogP contribution in [0.25, 0.3) is 0 Å². The first kappa shape index (κ1) is 8.80. The molecule has 0 amide bonds. The van der Waals surface area contributed by atoms with E-state index in [0.717, 1.165) is 5.56 Å². The van der Waals surface area contributed by atoms with Crippen LogP contribution in [-0.2, 0) is 11.8 Å². The fourth-order valence-electron chi connectivity index (χ4n) is 1.19. The number of carboxylic acids is 1. The Labute approximate surface area is 70.1 Å². The first-order valence-corrected chi connectivity index (χ1v) is 3.56. The van der Waals surface area contributed by atoms with Crippen LogP contribution in [0.15, 0.2) is 12.3 Å². The second kappa shape index (κ2) is 2.98. The van der Waals surface area contributed by atoms with Gasteiger partial charge in [0.2, 0.25) is 0 Å². The predicted molar refractivity (Wildman–Crippen MR) is 42.7 cm³/mol. The number of aliphatic carboxylic acids is 1. The Morgan fingerprint density at radius 3 is 2.58 bits per heavy atom. The first-order valence-electron chi connectivity index (χ1n) is 3.56. The number of rotatable bonds is 2. The highest BCUT2D eigenvalue weighted by atomic mass is 16.4. The minimum atomic E-state index is -1.43. The third-order valence-electron chi connectivity index (χ3n) is 1.83. The van der Waals surface area contributed by atoms with Gasteiger partial charge in [-0.15, -0.1) is 0 Å². The van der Waals surface area contributed by atoms with Gasteiger partial charge in [0.05, 0.1) is 5.69 Å². The van der Waals surface area contributed by atoms with Gasteiger partial charge in [-0.25, -0.2) is 4.79 Å². The average molecular weight is 169 g/mol. The lowest BCUT2D eigenvalue weighted by molar-refractivity contribution is -0.147. The molecule has 0 aromatic carbocycles. The molecule has 66 valence electrons. The van der Waals surface area contributed by atoms with Crippen molar-refractivity contribution >= 4 is 5.97 Å². The summed E-state index contributed by atoms with van der Waals surface area (Å²) in [5.74, 6) is -1.22. The van der Waals surface area contributed by atoms with Crippen molar-refractivity contribution < 1.29 is 15.0 Å². The lowest BCUT2D eigenvalue weighted by atomic mass is 10.2. The molecule has 1 unspecified atom stereocenters. The van der Waals surface area contributed by atoms with Crippen molar-refractivity contribution in [2.45, 2.75) is 13.0 Å². The van der Waals surface area contributed by atoms with Gasteiger partial charge in [0.15, 0.2) is 6.10 Å². The van der Waals surface area contributed by atoms with Gasteiger partial charge in [-0.3, -0.25) is 0 Å². The molecular weight excluding hydrogens is 158 g/mol. The largest absolute Gasteiger partial charge is 0.479 e. The molecular formula is C8H11NO3.